The average molecular weight is 283 g/mol. The molecule has 1 aromatic carbocycles. The van der Waals surface area contributed by atoms with Crippen molar-refractivity contribution in [2.75, 3.05) is 0 Å². The van der Waals surface area contributed by atoms with E-state index in [0.29, 0.717) is 17.5 Å². The summed E-state index contributed by atoms with van der Waals surface area (Å²) >= 11 is 0. The first-order valence-corrected chi connectivity index (χ1v) is 8.95. The average Bonchev–Trinajstić information content (AvgIpc) is 2.46. The minimum absolute atomic E-state index is 0.467. The molecule has 0 amide bonds. The van der Waals surface area contributed by atoms with E-state index >= 15 is 0 Å². The lowest BCUT2D eigenvalue weighted by Crippen LogP contribution is -2.55. The Balaban J connectivity index is 1.49. The summed E-state index contributed by atoms with van der Waals surface area (Å²) < 4.78 is 0. The van der Waals surface area contributed by atoms with Crippen LogP contribution in [0.1, 0.15) is 64.0 Å². The number of rotatable bonds is 4. The highest BCUT2D eigenvalue weighted by Gasteiger charge is 2.53. The molecule has 4 bridgehead atoms. The van der Waals surface area contributed by atoms with Gasteiger partial charge >= 0.3 is 0 Å². The molecule has 4 saturated carbocycles. The van der Waals surface area contributed by atoms with Gasteiger partial charge in [0, 0.05) is 12.1 Å². The van der Waals surface area contributed by atoms with E-state index in [0.717, 1.165) is 17.8 Å². The fraction of sp³-hybridized carbons (Fsp3) is 0.700. The molecule has 1 nitrogen and oxygen atoms in total. The Hall–Kier alpha value is -0.820. The Labute approximate surface area is 129 Å². The molecule has 2 atom stereocenters. The number of hydrogen-bond acceptors (Lipinski definition) is 1. The fourth-order valence-corrected chi connectivity index (χ4v) is 6.10. The Morgan fingerprint density at radius 3 is 1.95 bits per heavy atom. The Kier molecular flexibility index (Phi) is 3.37. The van der Waals surface area contributed by atoms with E-state index in [1.165, 1.54) is 24.8 Å². The van der Waals surface area contributed by atoms with Gasteiger partial charge in [-0.25, -0.2) is 0 Å². The van der Waals surface area contributed by atoms with E-state index < -0.39 is 0 Å². The number of hydrogen-bond donors (Lipinski definition) is 1. The van der Waals surface area contributed by atoms with Crippen molar-refractivity contribution in [3.8, 4) is 0 Å². The molecule has 0 heterocycles. The van der Waals surface area contributed by atoms with Gasteiger partial charge in [0.05, 0.1) is 0 Å². The molecule has 1 heteroatoms. The maximum Gasteiger partial charge on any atom is 0.0294 e. The van der Waals surface area contributed by atoms with Crippen LogP contribution < -0.4 is 5.32 Å². The van der Waals surface area contributed by atoms with Crippen molar-refractivity contribution >= 4 is 0 Å². The van der Waals surface area contributed by atoms with E-state index in [2.05, 4.69) is 49.5 Å². The monoisotopic (exact) mass is 283 g/mol. The summed E-state index contributed by atoms with van der Waals surface area (Å²) in [5, 5.41) is 3.95. The zero-order chi connectivity index (χ0) is 14.4. The van der Waals surface area contributed by atoms with Crippen molar-refractivity contribution in [3.05, 3.63) is 35.9 Å². The van der Waals surface area contributed by atoms with Crippen molar-refractivity contribution in [2.45, 2.75) is 64.5 Å². The van der Waals surface area contributed by atoms with Crippen molar-refractivity contribution in [3.63, 3.8) is 0 Å². The largest absolute Gasteiger partial charge is 0.307 e. The summed E-state index contributed by atoms with van der Waals surface area (Å²) in [7, 11) is 0. The third-order valence-electron chi connectivity index (χ3n) is 6.80. The maximum absolute atomic E-state index is 3.95. The van der Waals surface area contributed by atoms with E-state index in [1.807, 2.05) is 0 Å². The molecule has 5 rings (SSSR count). The highest BCUT2D eigenvalue weighted by atomic mass is 15.0. The summed E-state index contributed by atoms with van der Waals surface area (Å²) in [5.41, 5.74) is 2.03. The molecule has 0 saturated heterocycles. The Morgan fingerprint density at radius 2 is 1.43 bits per heavy atom. The minimum atomic E-state index is 0.467. The van der Waals surface area contributed by atoms with Crippen LogP contribution in [0.5, 0.6) is 0 Å². The van der Waals surface area contributed by atoms with Gasteiger partial charge in [-0.1, -0.05) is 30.3 Å². The molecule has 0 spiro atoms. The van der Waals surface area contributed by atoms with Crippen molar-refractivity contribution < 1.29 is 0 Å². The summed E-state index contributed by atoms with van der Waals surface area (Å²) in [6.07, 6.45) is 9.11. The van der Waals surface area contributed by atoms with Gasteiger partial charge in [-0.15, -0.1) is 0 Å². The Bertz CT molecular complexity index is 457. The quantitative estimate of drug-likeness (QED) is 0.825. The van der Waals surface area contributed by atoms with Gasteiger partial charge < -0.3 is 5.32 Å². The summed E-state index contributed by atoms with van der Waals surface area (Å²) in [4.78, 5) is 0. The fourth-order valence-electron chi connectivity index (χ4n) is 6.10. The molecule has 0 radical (unpaired) electrons. The van der Waals surface area contributed by atoms with Crippen LogP contribution in [0.3, 0.4) is 0 Å². The van der Waals surface area contributed by atoms with Crippen LogP contribution >= 0.6 is 0 Å². The molecule has 1 N–H and O–H groups in total. The second-order valence-electron chi connectivity index (χ2n) is 8.30. The molecule has 114 valence electrons. The zero-order valence-corrected chi connectivity index (χ0v) is 13.5. The second kappa shape index (κ2) is 5.12. The smallest absolute Gasteiger partial charge is 0.0294 e. The zero-order valence-electron chi connectivity index (χ0n) is 13.5. The summed E-state index contributed by atoms with van der Waals surface area (Å²) in [6.45, 7) is 4.79. The van der Waals surface area contributed by atoms with Crippen LogP contribution in [0.2, 0.25) is 0 Å². The van der Waals surface area contributed by atoms with E-state index in [4.69, 9.17) is 0 Å². The van der Waals surface area contributed by atoms with Gasteiger partial charge in [-0.2, -0.15) is 0 Å². The molecule has 21 heavy (non-hydrogen) atoms. The first-order valence-electron chi connectivity index (χ1n) is 8.95. The summed E-state index contributed by atoms with van der Waals surface area (Å²) in [5.74, 6) is 3.15. The van der Waals surface area contributed by atoms with Crippen LogP contribution in [0, 0.1) is 23.2 Å². The molecular formula is C20H29N. The van der Waals surface area contributed by atoms with Crippen molar-refractivity contribution in [1.82, 2.24) is 5.32 Å². The molecule has 1 unspecified atom stereocenters. The van der Waals surface area contributed by atoms with E-state index in [1.54, 1.807) is 19.3 Å². The normalized spacial score (nSPS) is 40.2. The van der Waals surface area contributed by atoms with Gasteiger partial charge in [0.25, 0.3) is 0 Å². The standard InChI is InChI=1S/C20H29N/c1-14(19-6-4-3-5-7-19)21-15(2)20-11-16-8-17(12-20)10-18(9-16)13-20/h3-7,14-18,21H,8-13H2,1-2H3/t14-,15?,16?,17?,18?,20?/m0/s1. The highest BCUT2D eigenvalue weighted by molar-refractivity contribution is 5.18. The predicted molar refractivity (Wildman–Crippen MR) is 88.1 cm³/mol. The number of nitrogens with one attached hydrogen (secondary N) is 1. The third-order valence-corrected chi connectivity index (χ3v) is 6.80. The maximum atomic E-state index is 3.95. The first kappa shape index (κ1) is 13.8. The van der Waals surface area contributed by atoms with Crippen LogP contribution in [0.4, 0.5) is 0 Å². The number of benzene rings is 1. The predicted octanol–water partition coefficient (Wildman–Crippen LogP) is 4.94. The lowest BCUT2D eigenvalue weighted by atomic mass is 9.48. The minimum Gasteiger partial charge on any atom is -0.307 e. The van der Waals surface area contributed by atoms with E-state index in [-0.39, 0.29) is 0 Å². The van der Waals surface area contributed by atoms with Gasteiger partial charge in [0.2, 0.25) is 0 Å². The SMILES string of the molecule is CC(N[C@@H](C)c1ccccc1)C12CC3CC(CC(C3)C1)C2. The lowest BCUT2D eigenvalue weighted by molar-refractivity contribution is -0.0719. The van der Waals surface area contributed by atoms with Crippen molar-refractivity contribution in [2.24, 2.45) is 23.2 Å². The Morgan fingerprint density at radius 1 is 0.905 bits per heavy atom. The van der Waals surface area contributed by atoms with Gasteiger partial charge in [-0.05, 0) is 81.1 Å². The molecule has 4 aliphatic carbocycles. The van der Waals surface area contributed by atoms with Crippen LogP contribution in [0.25, 0.3) is 0 Å². The van der Waals surface area contributed by atoms with Crippen LogP contribution in [-0.2, 0) is 0 Å². The topological polar surface area (TPSA) is 12.0 Å². The van der Waals surface area contributed by atoms with Crippen LogP contribution in [-0.4, -0.2) is 6.04 Å². The van der Waals surface area contributed by atoms with Gasteiger partial charge in [-0.3, -0.25) is 0 Å². The molecule has 1 aromatic rings. The van der Waals surface area contributed by atoms with Crippen LogP contribution in [0.15, 0.2) is 30.3 Å². The summed E-state index contributed by atoms with van der Waals surface area (Å²) in [6, 6.07) is 12.0. The first-order chi connectivity index (χ1) is 10.1. The van der Waals surface area contributed by atoms with Crippen molar-refractivity contribution in [1.29, 1.82) is 0 Å². The van der Waals surface area contributed by atoms with E-state index in [9.17, 15) is 0 Å². The molecule has 0 aromatic heterocycles. The van der Waals surface area contributed by atoms with Gasteiger partial charge in [0.15, 0.2) is 0 Å². The highest BCUT2D eigenvalue weighted by Crippen LogP contribution is 2.61. The van der Waals surface area contributed by atoms with Gasteiger partial charge in [0.1, 0.15) is 0 Å². The molecular weight excluding hydrogens is 254 g/mol. The lowest BCUT2D eigenvalue weighted by Gasteiger charge is -2.59. The second-order valence-corrected chi connectivity index (χ2v) is 8.30. The molecule has 4 aliphatic rings. The molecule has 4 fully saturated rings. The third kappa shape index (κ3) is 2.44. The molecule has 0 aliphatic heterocycles.